The molecule has 2 aromatic rings. The molecule has 2 N–H and O–H groups in total. The third kappa shape index (κ3) is 4.30. The molecular formula is C13H12Cl2N4S. The van der Waals surface area contributed by atoms with Crippen LogP contribution in [0.5, 0.6) is 0 Å². The lowest BCUT2D eigenvalue weighted by Gasteiger charge is -2.10. The van der Waals surface area contributed by atoms with Crippen molar-refractivity contribution in [2.24, 2.45) is 0 Å². The smallest absolute Gasteiger partial charge is 0.171 e. The van der Waals surface area contributed by atoms with Crippen LogP contribution in [0.3, 0.4) is 0 Å². The number of pyridine rings is 2. The summed E-state index contributed by atoms with van der Waals surface area (Å²) in [7, 11) is 0. The maximum absolute atomic E-state index is 6.06. The molecule has 0 aliphatic heterocycles. The summed E-state index contributed by atoms with van der Waals surface area (Å²) >= 11 is 17.1. The van der Waals surface area contributed by atoms with Gasteiger partial charge in [-0.25, -0.2) is 4.98 Å². The van der Waals surface area contributed by atoms with Crippen LogP contribution in [0, 0.1) is 0 Å². The molecule has 0 unspecified atom stereocenters. The molecule has 2 aromatic heterocycles. The van der Waals surface area contributed by atoms with E-state index in [0.29, 0.717) is 33.9 Å². The molecule has 20 heavy (non-hydrogen) atoms. The van der Waals surface area contributed by atoms with Crippen molar-refractivity contribution in [3.05, 3.63) is 52.4 Å². The number of anilines is 1. The highest BCUT2D eigenvalue weighted by Gasteiger charge is 2.06. The van der Waals surface area contributed by atoms with E-state index in [1.807, 2.05) is 18.2 Å². The van der Waals surface area contributed by atoms with Crippen molar-refractivity contribution in [2.75, 3.05) is 11.9 Å². The average molecular weight is 327 g/mol. The van der Waals surface area contributed by atoms with Gasteiger partial charge >= 0.3 is 0 Å². The largest absolute Gasteiger partial charge is 0.362 e. The fourth-order valence-corrected chi connectivity index (χ4v) is 2.10. The van der Waals surface area contributed by atoms with E-state index in [1.54, 1.807) is 18.5 Å². The number of rotatable bonds is 4. The van der Waals surface area contributed by atoms with Gasteiger partial charge in [0.15, 0.2) is 5.11 Å². The molecule has 0 spiro atoms. The second-order valence-corrected chi connectivity index (χ2v) is 5.09. The summed E-state index contributed by atoms with van der Waals surface area (Å²) < 4.78 is 0. The van der Waals surface area contributed by atoms with Crippen molar-refractivity contribution in [2.45, 2.75) is 6.42 Å². The fourth-order valence-electron chi connectivity index (χ4n) is 1.53. The van der Waals surface area contributed by atoms with Crippen LogP contribution in [0.15, 0.2) is 36.7 Å². The van der Waals surface area contributed by atoms with Gasteiger partial charge in [-0.15, -0.1) is 0 Å². The fraction of sp³-hybridized carbons (Fsp3) is 0.154. The first-order chi connectivity index (χ1) is 9.66. The minimum Gasteiger partial charge on any atom is -0.362 e. The van der Waals surface area contributed by atoms with Crippen LogP contribution >= 0.6 is 35.4 Å². The Morgan fingerprint density at radius 1 is 1.15 bits per heavy atom. The predicted molar refractivity (Wildman–Crippen MR) is 86.4 cm³/mol. The Balaban J connectivity index is 1.81. The molecule has 2 heterocycles. The predicted octanol–water partition coefficient (Wildman–Crippen LogP) is 3.31. The van der Waals surface area contributed by atoms with E-state index in [9.17, 15) is 0 Å². The third-order valence-corrected chi connectivity index (χ3v) is 3.55. The first kappa shape index (κ1) is 15.0. The summed E-state index contributed by atoms with van der Waals surface area (Å²) in [6.07, 6.45) is 3.96. The van der Waals surface area contributed by atoms with E-state index in [4.69, 9.17) is 35.4 Å². The summed E-state index contributed by atoms with van der Waals surface area (Å²) in [5.41, 5.74) is 0.743. The number of hydrogen-bond donors (Lipinski definition) is 2. The van der Waals surface area contributed by atoms with Crippen molar-refractivity contribution in [3.63, 3.8) is 0 Å². The van der Waals surface area contributed by atoms with E-state index < -0.39 is 0 Å². The number of hydrogen-bond acceptors (Lipinski definition) is 3. The Labute approximate surface area is 132 Å². The van der Waals surface area contributed by atoms with Crippen LogP contribution in [0.4, 0.5) is 5.82 Å². The van der Waals surface area contributed by atoms with Crippen LogP contribution in [-0.2, 0) is 6.42 Å². The molecule has 104 valence electrons. The Morgan fingerprint density at radius 3 is 2.75 bits per heavy atom. The lowest BCUT2D eigenvalue weighted by atomic mass is 10.2. The van der Waals surface area contributed by atoms with Gasteiger partial charge in [-0.3, -0.25) is 4.98 Å². The molecule has 2 rings (SSSR count). The molecule has 0 aliphatic carbocycles. The van der Waals surface area contributed by atoms with E-state index >= 15 is 0 Å². The zero-order valence-electron chi connectivity index (χ0n) is 10.4. The summed E-state index contributed by atoms with van der Waals surface area (Å²) in [6.45, 7) is 0.603. The van der Waals surface area contributed by atoms with Crippen molar-refractivity contribution in [3.8, 4) is 0 Å². The molecule has 0 amide bonds. The highest BCUT2D eigenvalue weighted by Crippen LogP contribution is 2.23. The summed E-state index contributed by atoms with van der Waals surface area (Å²) in [6, 6.07) is 7.22. The second kappa shape index (κ2) is 7.38. The number of aromatic nitrogens is 2. The third-order valence-electron chi connectivity index (χ3n) is 2.47. The van der Waals surface area contributed by atoms with Gasteiger partial charge in [-0.1, -0.05) is 29.3 Å². The highest BCUT2D eigenvalue weighted by molar-refractivity contribution is 7.80. The second-order valence-electron chi connectivity index (χ2n) is 3.90. The summed E-state index contributed by atoms with van der Waals surface area (Å²) in [4.78, 5) is 8.31. The molecule has 0 aliphatic rings. The molecule has 0 saturated heterocycles. The maximum atomic E-state index is 6.06. The lowest BCUT2D eigenvalue weighted by molar-refractivity contribution is 0.847. The molecule has 0 fully saturated rings. The zero-order valence-corrected chi connectivity index (χ0v) is 12.8. The quantitative estimate of drug-likeness (QED) is 0.844. The van der Waals surface area contributed by atoms with Crippen molar-refractivity contribution < 1.29 is 0 Å². The molecule has 0 bridgehead atoms. The molecule has 0 saturated carbocycles. The van der Waals surface area contributed by atoms with Crippen LogP contribution in [0.2, 0.25) is 10.0 Å². The van der Waals surface area contributed by atoms with E-state index in [1.165, 1.54) is 0 Å². The van der Waals surface area contributed by atoms with Crippen molar-refractivity contribution in [1.82, 2.24) is 15.3 Å². The molecule has 0 atom stereocenters. The number of nitrogens with zero attached hydrogens (tertiary/aromatic N) is 2. The zero-order chi connectivity index (χ0) is 14.4. The van der Waals surface area contributed by atoms with Crippen LogP contribution in [0.25, 0.3) is 0 Å². The van der Waals surface area contributed by atoms with Gasteiger partial charge in [0.25, 0.3) is 0 Å². The van der Waals surface area contributed by atoms with Crippen LogP contribution in [0.1, 0.15) is 5.69 Å². The van der Waals surface area contributed by atoms with E-state index in [2.05, 4.69) is 20.6 Å². The molecule has 7 heteroatoms. The summed E-state index contributed by atoms with van der Waals surface area (Å²) in [5.74, 6) is 0.698. The van der Waals surface area contributed by atoms with Crippen LogP contribution in [-0.4, -0.2) is 21.6 Å². The molecular weight excluding hydrogens is 315 g/mol. The average Bonchev–Trinajstić information content (AvgIpc) is 2.44. The van der Waals surface area contributed by atoms with Crippen LogP contribution < -0.4 is 10.6 Å². The molecule has 0 radical (unpaired) electrons. The van der Waals surface area contributed by atoms with Gasteiger partial charge in [0.1, 0.15) is 5.82 Å². The minimum atomic E-state index is 0.486. The standard InChI is InChI=1S/C13H12Cl2N4S/c14-9-4-7-16-10(12(9)15)5-8-18-13(20)19-11-3-1-2-6-17-11/h1-4,6-7H,5,8H2,(H2,17,18,19,20). The Kier molecular flexibility index (Phi) is 5.52. The van der Waals surface area contributed by atoms with Gasteiger partial charge < -0.3 is 10.6 Å². The first-order valence-electron chi connectivity index (χ1n) is 5.91. The van der Waals surface area contributed by atoms with Gasteiger partial charge in [0.2, 0.25) is 0 Å². The summed E-state index contributed by atoms with van der Waals surface area (Å²) in [5, 5.41) is 7.54. The minimum absolute atomic E-state index is 0.486. The number of halogens is 2. The molecule has 4 nitrogen and oxygen atoms in total. The maximum Gasteiger partial charge on any atom is 0.171 e. The van der Waals surface area contributed by atoms with Gasteiger partial charge in [0, 0.05) is 25.4 Å². The van der Waals surface area contributed by atoms with Crippen molar-refractivity contribution in [1.29, 1.82) is 0 Å². The normalized spacial score (nSPS) is 10.1. The Hall–Kier alpha value is -1.43. The van der Waals surface area contributed by atoms with E-state index in [-0.39, 0.29) is 0 Å². The number of thiocarbonyl (C=S) groups is 1. The topological polar surface area (TPSA) is 49.8 Å². The monoisotopic (exact) mass is 326 g/mol. The van der Waals surface area contributed by atoms with Gasteiger partial charge in [-0.05, 0) is 30.4 Å². The Bertz CT molecular complexity index is 592. The highest BCUT2D eigenvalue weighted by atomic mass is 35.5. The van der Waals surface area contributed by atoms with Gasteiger partial charge in [-0.2, -0.15) is 0 Å². The SMILES string of the molecule is S=C(NCCc1nccc(Cl)c1Cl)Nc1ccccn1. The molecule has 0 aromatic carbocycles. The van der Waals surface area contributed by atoms with Crippen molar-refractivity contribution >= 4 is 46.4 Å². The number of nitrogens with one attached hydrogen (secondary N) is 2. The Morgan fingerprint density at radius 2 is 2.00 bits per heavy atom. The first-order valence-corrected chi connectivity index (χ1v) is 7.08. The van der Waals surface area contributed by atoms with Gasteiger partial charge in [0.05, 0.1) is 15.7 Å². The van der Waals surface area contributed by atoms with E-state index in [0.717, 1.165) is 5.69 Å². The lowest BCUT2D eigenvalue weighted by Crippen LogP contribution is -2.30.